The number of amides is 2. The van der Waals surface area contributed by atoms with Crippen molar-refractivity contribution in [1.82, 2.24) is 19.9 Å². The lowest BCUT2D eigenvalue weighted by Crippen LogP contribution is -2.51. The van der Waals surface area contributed by atoms with Gasteiger partial charge in [-0.2, -0.15) is 0 Å². The van der Waals surface area contributed by atoms with Crippen LogP contribution in [0.25, 0.3) is 27.9 Å². The Bertz CT molecular complexity index is 2350. The molecular formula is C47H49FN5O3Si. The molecule has 0 unspecified atom stereocenters. The maximum atomic E-state index is 13.9. The number of nitrogens with one attached hydrogen (secondary N) is 2. The molecule has 1 aliphatic heterocycles. The van der Waals surface area contributed by atoms with Crippen molar-refractivity contribution in [3.63, 3.8) is 0 Å². The molecule has 8 nitrogen and oxygen atoms in total. The van der Waals surface area contributed by atoms with Crippen LogP contribution in [-0.2, 0) is 21.6 Å². The van der Waals surface area contributed by atoms with Crippen molar-refractivity contribution >= 4 is 53.3 Å². The number of halogens is 1. The van der Waals surface area contributed by atoms with E-state index < -0.39 is 21.4 Å². The number of benzene rings is 4. The zero-order valence-corrected chi connectivity index (χ0v) is 34.2. The Labute approximate surface area is 335 Å². The molecule has 2 N–H and O–H groups in total. The Morgan fingerprint density at radius 3 is 2.18 bits per heavy atom. The predicted octanol–water partition coefficient (Wildman–Crippen LogP) is 8.37. The van der Waals surface area contributed by atoms with Gasteiger partial charge < -0.3 is 19.9 Å². The summed E-state index contributed by atoms with van der Waals surface area (Å²) in [5.41, 5.74) is 7.21. The standard InChI is InChI=1S/C47H49FN5O3Si/c1-46(2,3)34-21-19-33(20-22-34)45(55)52-40-18-12-17-37(43-38-27-41(51-44(38)50-31-49-43)32-23-25-53(26-24-32)42(54)28-48)39(40)29-56-30-47(4,5)57(35-13-8-6-9-14-35)36-15-10-7-11-16-36/h6-23,27,31H,24-26,28-30H2,1-5H3,(H,52,55)(H,49,50,51). The highest BCUT2D eigenvalue weighted by atomic mass is 28.3. The fourth-order valence-electron chi connectivity index (χ4n) is 7.59. The van der Waals surface area contributed by atoms with Crippen LogP contribution in [0.3, 0.4) is 0 Å². The average molecular weight is 779 g/mol. The van der Waals surface area contributed by atoms with Crippen molar-refractivity contribution in [2.24, 2.45) is 0 Å². The minimum Gasteiger partial charge on any atom is -0.376 e. The molecule has 291 valence electrons. The number of aromatic amines is 1. The van der Waals surface area contributed by atoms with E-state index in [-0.39, 0.29) is 23.0 Å². The zero-order valence-electron chi connectivity index (χ0n) is 33.2. The zero-order chi connectivity index (χ0) is 40.2. The minimum absolute atomic E-state index is 0.0347. The van der Waals surface area contributed by atoms with E-state index >= 15 is 0 Å². The van der Waals surface area contributed by atoms with Gasteiger partial charge in [0.05, 0.1) is 18.9 Å². The number of hydrogen-bond donors (Lipinski definition) is 2. The summed E-state index contributed by atoms with van der Waals surface area (Å²) in [5, 5.41) is 6.44. The van der Waals surface area contributed by atoms with Gasteiger partial charge in [0, 0.05) is 46.5 Å². The SMILES string of the molecule is CC(C)(C)c1ccc(C(=O)Nc2cccc(-c3ncnc4[nH]c(C5=CCN(C(=O)CF)CC5)cc34)c2COCC(C)(C)[Si](c2ccccc2)c2ccccc2)cc1. The van der Waals surface area contributed by atoms with E-state index in [1.54, 1.807) is 6.33 Å². The molecule has 10 heteroatoms. The minimum atomic E-state index is -1.28. The Balaban J connectivity index is 1.23. The fourth-order valence-corrected chi connectivity index (χ4v) is 10.8. The molecule has 0 fully saturated rings. The summed E-state index contributed by atoms with van der Waals surface area (Å²) in [6, 6.07) is 37.0. The predicted molar refractivity (Wildman–Crippen MR) is 229 cm³/mol. The number of carbonyl (C=O) groups excluding carboxylic acids is 2. The van der Waals surface area contributed by atoms with E-state index in [2.05, 4.69) is 111 Å². The van der Waals surface area contributed by atoms with Crippen molar-refractivity contribution in [3.05, 3.63) is 144 Å². The first-order valence-electron chi connectivity index (χ1n) is 19.4. The third-order valence-electron chi connectivity index (χ3n) is 10.7. The molecule has 3 heterocycles. The molecule has 2 amide bonds. The second kappa shape index (κ2) is 16.8. The van der Waals surface area contributed by atoms with Crippen molar-refractivity contribution < 1.29 is 18.7 Å². The number of alkyl halides is 1. The van der Waals surface area contributed by atoms with Gasteiger partial charge in [0.2, 0.25) is 0 Å². The van der Waals surface area contributed by atoms with Gasteiger partial charge in [0.1, 0.15) is 20.8 Å². The molecular weight excluding hydrogens is 730 g/mol. The van der Waals surface area contributed by atoms with E-state index in [0.29, 0.717) is 48.7 Å². The van der Waals surface area contributed by atoms with Crippen LogP contribution in [0, 0.1) is 0 Å². The molecule has 0 aliphatic carbocycles. The molecule has 4 aromatic carbocycles. The van der Waals surface area contributed by atoms with Crippen LogP contribution in [0.5, 0.6) is 0 Å². The molecule has 7 rings (SSSR count). The molecule has 57 heavy (non-hydrogen) atoms. The first-order chi connectivity index (χ1) is 27.4. The molecule has 0 spiro atoms. The number of rotatable bonds is 12. The summed E-state index contributed by atoms with van der Waals surface area (Å²) in [4.78, 5) is 40.2. The summed E-state index contributed by atoms with van der Waals surface area (Å²) in [6.45, 7) is 11.5. The largest absolute Gasteiger partial charge is 0.376 e. The van der Waals surface area contributed by atoms with E-state index in [4.69, 9.17) is 9.72 Å². The topological polar surface area (TPSA) is 100 Å². The monoisotopic (exact) mass is 778 g/mol. The molecule has 6 aromatic rings. The van der Waals surface area contributed by atoms with Crippen molar-refractivity contribution in [2.45, 2.75) is 58.1 Å². The number of nitrogens with zero attached hydrogens (tertiary/aromatic N) is 3. The molecule has 0 saturated carbocycles. The van der Waals surface area contributed by atoms with Gasteiger partial charge in [-0.1, -0.05) is 136 Å². The summed E-state index contributed by atoms with van der Waals surface area (Å²) < 4.78 is 19.8. The number of aromatic nitrogens is 3. The maximum Gasteiger partial charge on any atom is 0.255 e. The molecule has 0 bridgehead atoms. The first kappa shape index (κ1) is 39.5. The summed E-state index contributed by atoms with van der Waals surface area (Å²) in [7, 11) is -1.28. The van der Waals surface area contributed by atoms with E-state index in [1.807, 2.05) is 54.6 Å². The Morgan fingerprint density at radius 1 is 0.877 bits per heavy atom. The van der Waals surface area contributed by atoms with E-state index in [1.165, 1.54) is 15.3 Å². The number of carbonyl (C=O) groups is 2. The smallest absolute Gasteiger partial charge is 0.255 e. The first-order valence-corrected chi connectivity index (χ1v) is 20.9. The number of H-pyrrole nitrogens is 1. The number of fused-ring (bicyclic) bond motifs is 1. The Hall–Kier alpha value is -5.71. The molecule has 1 radical (unpaired) electrons. The second-order valence-corrected chi connectivity index (χ2v) is 19.5. The number of ether oxygens (including phenoxy) is 1. The third kappa shape index (κ3) is 8.82. The van der Waals surface area contributed by atoms with Gasteiger partial charge in [-0.25, -0.2) is 14.4 Å². The number of anilines is 1. The molecule has 0 saturated heterocycles. The van der Waals surface area contributed by atoms with Gasteiger partial charge in [-0.3, -0.25) is 9.59 Å². The third-order valence-corrected chi connectivity index (χ3v) is 14.0. The second-order valence-electron chi connectivity index (χ2n) is 16.2. The van der Waals surface area contributed by atoms with Crippen molar-refractivity contribution in [2.75, 3.05) is 31.7 Å². The summed E-state index contributed by atoms with van der Waals surface area (Å²) in [5.74, 6) is -0.714. The quantitative estimate of drug-likeness (QED) is 0.122. The highest BCUT2D eigenvalue weighted by Gasteiger charge is 2.35. The van der Waals surface area contributed by atoms with Crippen LogP contribution in [0.1, 0.15) is 68.2 Å². The van der Waals surface area contributed by atoms with Crippen molar-refractivity contribution in [1.29, 1.82) is 0 Å². The lowest BCUT2D eigenvalue weighted by Gasteiger charge is -2.33. The summed E-state index contributed by atoms with van der Waals surface area (Å²) >= 11 is 0. The van der Waals surface area contributed by atoms with Crippen LogP contribution in [-0.4, -0.2) is 66.8 Å². The normalized spacial score (nSPS) is 13.5. The molecule has 0 atom stereocenters. The van der Waals surface area contributed by atoms with Crippen LogP contribution < -0.4 is 15.7 Å². The van der Waals surface area contributed by atoms with E-state index in [0.717, 1.165) is 33.3 Å². The van der Waals surface area contributed by atoms with Gasteiger partial charge in [-0.05, 0) is 52.3 Å². The van der Waals surface area contributed by atoms with Crippen LogP contribution in [0.2, 0.25) is 5.04 Å². The number of hydrogen-bond acceptors (Lipinski definition) is 5. The highest BCUT2D eigenvalue weighted by molar-refractivity contribution is 6.87. The van der Waals surface area contributed by atoms with Crippen LogP contribution in [0.4, 0.5) is 10.1 Å². The fraction of sp³-hybridized carbons (Fsp3) is 0.277. The van der Waals surface area contributed by atoms with Gasteiger partial charge in [-0.15, -0.1) is 0 Å². The maximum absolute atomic E-state index is 13.9. The Kier molecular flexibility index (Phi) is 11.6. The van der Waals surface area contributed by atoms with Crippen molar-refractivity contribution in [3.8, 4) is 11.3 Å². The average Bonchev–Trinajstić information content (AvgIpc) is 3.66. The van der Waals surface area contributed by atoms with Crippen LogP contribution in [0.15, 0.2) is 122 Å². The lowest BCUT2D eigenvalue weighted by atomic mass is 9.86. The molecule has 1 aliphatic rings. The van der Waals surface area contributed by atoms with Gasteiger partial charge >= 0.3 is 0 Å². The Morgan fingerprint density at radius 2 is 1.56 bits per heavy atom. The van der Waals surface area contributed by atoms with Gasteiger partial charge in [0.25, 0.3) is 11.8 Å². The van der Waals surface area contributed by atoms with E-state index in [9.17, 15) is 14.0 Å². The van der Waals surface area contributed by atoms with Crippen LogP contribution >= 0.6 is 0 Å². The molecule has 2 aromatic heterocycles. The lowest BCUT2D eigenvalue weighted by molar-refractivity contribution is -0.131. The highest BCUT2D eigenvalue weighted by Crippen LogP contribution is 2.36. The summed E-state index contributed by atoms with van der Waals surface area (Å²) in [6.07, 6.45) is 4.09. The van der Waals surface area contributed by atoms with Gasteiger partial charge in [0.15, 0.2) is 6.67 Å².